The summed E-state index contributed by atoms with van der Waals surface area (Å²) in [6.45, 7) is 13.3. The molecule has 0 saturated carbocycles. The van der Waals surface area contributed by atoms with Gasteiger partial charge in [-0.25, -0.2) is 9.97 Å². The summed E-state index contributed by atoms with van der Waals surface area (Å²) in [6, 6.07) is 7.90. The Balaban J connectivity index is 1.59. The van der Waals surface area contributed by atoms with Crippen molar-refractivity contribution in [2.75, 3.05) is 60.9 Å². The second-order valence-corrected chi connectivity index (χ2v) is 6.87. The minimum absolute atomic E-state index is 0.196. The standard InChI is InChI=1S/C21H30N6O/c1-4-25-11-13-27(14-12-25)21-22-15-17(16-23-21)20(28)24-18-7-9-19(10-8-18)26(5-2)6-3/h7-10,15-16H,4-6,11-14H2,1-3H3,(H,24,28). The normalized spacial score (nSPS) is 14.8. The highest BCUT2D eigenvalue weighted by atomic mass is 16.1. The number of nitrogens with zero attached hydrogens (tertiary/aromatic N) is 5. The summed E-state index contributed by atoms with van der Waals surface area (Å²) >= 11 is 0. The van der Waals surface area contributed by atoms with E-state index in [4.69, 9.17) is 0 Å². The van der Waals surface area contributed by atoms with Gasteiger partial charge in [-0.3, -0.25) is 4.79 Å². The molecule has 1 N–H and O–H groups in total. The largest absolute Gasteiger partial charge is 0.372 e. The van der Waals surface area contributed by atoms with E-state index in [1.165, 1.54) is 0 Å². The summed E-state index contributed by atoms with van der Waals surface area (Å²) in [4.78, 5) is 28.1. The fraction of sp³-hybridized carbons (Fsp3) is 0.476. The average Bonchev–Trinajstić information content (AvgIpc) is 2.76. The van der Waals surface area contributed by atoms with Crippen LogP contribution in [0.3, 0.4) is 0 Å². The van der Waals surface area contributed by atoms with Crippen LogP contribution in [0.5, 0.6) is 0 Å². The maximum atomic E-state index is 12.5. The highest BCUT2D eigenvalue weighted by Gasteiger charge is 2.18. The van der Waals surface area contributed by atoms with Gasteiger partial charge >= 0.3 is 0 Å². The van der Waals surface area contributed by atoms with Gasteiger partial charge in [-0.15, -0.1) is 0 Å². The van der Waals surface area contributed by atoms with Crippen LogP contribution in [0, 0.1) is 0 Å². The van der Waals surface area contributed by atoms with E-state index in [9.17, 15) is 4.79 Å². The monoisotopic (exact) mass is 382 g/mol. The maximum Gasteiger partial charge on any atom is 0.258 e. The van der Waals surface area contributed by atoms with Crippen molar-refractivity contribution in [2.45, 2.75) is 20.8 Å². The summed E-state index contributed by atoms with van der Waals surface area (Å²) in [5.41, 5.74) is 2.38. The molecule has 1 saturated heterocycles. The Hall–Kier alpha value is -2.67. The quantitative estimate of drug-likeness (QED) is 0.794. The van der Waals surface area contributed by atoms with Crippen molar-refractivity contribution in [1.29, 1.82) is 0 Å². The molecular formula is C21H30N6O. The van der Waals surface area contributed by atoms with Crippen molar-refractivity contribution in [3.8, 4) is 0 Å². The SMILES string of the molecule is CCN1CCN(c2ncc(C(=O)Nc3ccc(N(CC)CC)cc3)cn2)CC1. The van der Waals surface area contributed by atoms with Crippen LogP contribution in [0.2, 0.25) is 0 Å². The predicted molar refractivity (Wildman–Crippen MR) is 114 cm³/mol. The third kappa shape index (κ3) is 4.78. The molecule has 7 nitrogen and oxygen atoms in total. The van der Waals surface area contributed by atoms with Crippen LogP contribution in [0.15, 0.2) is 36.7 Å². The number of carbonyl (C=O) groups is 1. The number of aromatic nitrogens is 2. The van der Waals surface area contributed by atoms with Gasteiger partial charge in [-0.05, 0) is 44.7 Å². The fourth-order valence-electron chi connectivity index (χ4n) is 3.41. The fourth-order valence-corrected chi connectivity index (χ4v) is 3.41. The third-order valence-corrected chi connectivity index (χ3v) is 5.26. The molecule has 1 aliphatic heterocycles. The molecule has 2 heterocycles. The van der Waals surface area contributed by atoms with Gasteiger partial charge < -0.3 is 20.0 Å². The van der Waals surface area contributed by atoms with Crippen molar-refractivity contribution < 1.29 is 4.79 Å². The molecule has 0 unspecified atom stereocenters. The molecule has 0 radical (unpaired) electrons. The van der Waals surface area contributed by atoms with E-state index in [1.54, 1.807) is 12.4 Å². The van der Waals surface area contributed by atoms with Crippen molar-refractivity contribution in [3.05, 3.63) is 42.2 Å². The molecule has 0 atom stereocenters. The predicted octanol–water partition coefficient (Wildman–Crippen LogP) is 2.72. The van der Waals surface area contributed by atoms with Crippen molar-refractivity contribution in [1.82, 2.24) is 14.9 Å². The number of carbonyl (C=O) groups excluding carboxylic acids is 1. The number of likely N-dealkylation sites (N-methyl/N-ethyl adjacent to an activating group) is 1. The van der Waals surface area contributed by atoms with Crippen LogP contribution in [0.1, 0.15) is 31.1 Å². The summed E-state index contributed by atoms with van der Waals surface area (Å²) in [6.07, 6.45) is 3.21. The zero-order valence-electron chi connectivity index (χ0n) is 17.1. The molecule has 1 aromatic heterocycles. The lowest BCUT2D eigenvalue weighted by atomic mass is 10.2. The number of nitrogens with one attached hydrogen (secondary N) is 1. The van der Waals surface area contributed by atoms with Crippen LogP contribution >= 0.6 is 0 Å². The van der Waals surface area contributed by atoms with Crippen molar-refractivity contribution in [2.24, 2.45) is 0 Å². The number of amides is 1. The Bertz CT molecular complexity index is 749. The highest BCUT2D eigenvalue weighted by Crippen LogP contribution is 2.18. The molecule has 1 amide bonds. The van der Waals surface area contributed by atoms with Crippen LogP contribution in [0.25, 0.3) is 0 Å². The second kappa shape index (κ2) is 9.50. The average molecular weight is 383 g/mol. The molecule has 1 aromatic carbocycles. The Morgan fingerprint density at radius 3 is 2.14 bits per heavy atom. The van der Waals surface area contributed by atoms with Gasteiger partial charge in [0.2, 0.25) is 5.95 Å². The summed E-state index contributed by atoms with van der Waals surface area (Å²) in [5, 5.41) is 2.92. The Morgan fingerprint density at radius 2 is 1.61 bits per heavy atom. The van der Waals surface area contributed by atoms with Crippen molar-refractivity contribution in [3.63, 3.8) is 0 Å². The Morgan fingerprint density at radius 1 is 1.00 bits per heavy atom. The van der Waals surface area contributed by atoms with Gasteiger partial charge in [0.25, 0.3) is 5.91 Å². The minimum atomic E-state index is -0.196. The second-order valence-electron chi connectivity index (χ2n) is 6.87. The van der Waals surface area contributed by atoms with Gasteiger partial charge in [0.1, 0.15) is 0 Å². The Kier molecular flexibility index (Phi) is 6.81. The zero-order chi connectivity index (χ0) is 19.9. The smallest absolute Gasteiger partial charge is 0.258 e. The van der Waals surface area contributed by atoms with Gasteiger partial charge in [0, 0.05) is 63.0 Å². The first-order chi connectivity index (χ1) is 13.6. The molecule has 1 aliphatic rings. The van der Waals surface area contributed by atoms with Crippen LogP contribution < -0.4 is 15.1 Å². The van der Waals surface area contributed by atoms with Gasteiger partial charge in [0.15, 0.2) is 0 Å². The Labute approximate surface area is 167 Å². The number of benzene rings is 1. The number of anilines is 3. The summed E-state index contributed by atoms with van der Waals surface area (Å²) in [7, 11) is 0. The molecule has 150 valence electrons. The van der Waals surface area contributed by atoms with E-state index < -0.39 is 0 Å². The van der Waals surface area contributed by atoms with Gasteiger partial charge in [-0.1, -0.05) is 6.92 Å². The lowest BCUT2D eigenvalue weighted by Gasteiger charge is -2.33. The number of rotatable bonds is 7. The van der Waals surface area contributed by atoms with E-state index >= 15 is 0 Å². The summed E-state index contributed by atoms with van der Waals surface area (Å²) in [5.74, 6) is 0.494. The molecule has 1 fully saturated rings. The van der Waals surface area contributed by atoms with E-state index in [0.717, 1.165) is 57.2 Å². The first-order valence-corrected chi connectivity index (χ1v) is 10.1. The molecular weight excluding hydrogens is 352 g/mol. The molecule has 7 heteroatoms. The van der Waals surface area contributed by atoms with E-state index in [1.807, 2.05) is 24.3 Å². The first-order valence-electron chi connectivity index (χ1n) is 10.1. The van der Waals surface area contributed by atoms with Crippen molar-refractivity contribution >= 4 is 23.2 Å². The molecule has 0 bridgehead atoms. The molecule has 3 rings (SSSR count). The van der Waals surface area contributed by atoms with Crippen LogP contribution in [-0.4, -0.2) is 66.6 Å². The molecule has 2 aromatic rings. The lowest BCUT2D eigenvalue weighted by molar-refractivity contribution is 0.102. The lowest BCUT2D eigenvalue weighted by Crippen LogP contribution is -2.46. The van der Waals surface area contributed by atoms with E-state index in [2.05, 4.69) is 50.8 Å². The third-order valence-electron chi connectivity index (χ3n) is 5.26. The molecule has 0 aliphatic carbocycles. The van der Waals surface area contributed by atoms with E-state index in [0.29, 0.717) is 11.5 Å². The minimum Gasteiger partial charge on any atom is -0.372 e. The topological polar surface area (TPSA) is 64.6 Å². The molecule has 0 spiro atoms. The van der Waals surface area contributed by atoms with Crippen LogP contribution in [-0.2, 0) is 0 Å². The number of hydrogen-bond acceptors (Lipinski definition) is 6. The van der Waals surface area contributed by atoms with Crippen LogP contribution in [0.4, 0.5) is 17.3 Å². The maximum absolute atomic E-state index is 12.5. The van der Waals surface area contributed by atoms with Gasteiger partial charge in [-0.2, -0.15) is 0 Å². The zero-order valence-corrected chi connectivity index (χ0v) is 17.1. The molecule has 28 heavy (non-hydrogen) atoms. The van der Waals surface area contributed by atoms with E-state index in [-0.39, 0.29) is 5.91 Å². The highest BCUT2D eigenvalue weighted by molar-refractivity contribution is 6.03. The number of hydrogen-bond donors (Lipinski definition) is 1. The number of piperazine rings is 1. The summed E-state index contributed by atoms with van der Waals surface area (Å²) < 4.78 is 0. The van der Waals surface area contributed by atoms with Gasteiger partial charge in [0.05, 0.1) is 5.56 Å². The first kappa shape index (κ1) is 20.1.